The maximum Gasteiger partial charge on any atom is 0.320 e. The third-order valence-corrected chi connectivity index (χ3v) is 2.70. The van der Waals surface area contributed by atoms with Crippen LogP contribution in [0.1, 0.15) is 33.1 Å². The Morgan fingerprint density at radius 3 is 2.67 bits per heavy atom. The summed E-state index contributed by atoms with van der Waals surface area (Å²) >= 11 is 0. The van der Waals surface area contributed by atoms with Crippen LogP contribution in [0.4, 0.5) is 0 Å². The minimum absolute atomic E-state index is 0.407. The molecule has 0 radical (unpaired) electrons. The Bertz CT molecular complexity index is 170. The first-order chi connectivity index (χ1) is 5.61. The maximum atomic E-state index is 10.5. The van der Waals surface area contributed by atoms with E-state index in [1.54, 1.807) is 6.92 Å². The zero-order chi connectivity index (χ0) is 9.14. The van der Waals surface area contributed by atoms with E-state index in [1.807, 2.05) is 0 Å². The molecule has 1 rings (SSSR count). The SMILES string of the molecule is CC(NC1CCCC1C)C(=O)O. The largest absolute Gasteiger partial charge is 0.480 e. The van der Waals surface area contributed by atoms with Crippen molar-refractivity contribution in [3.8, 4) is 0 Å². The van der Waals surface area contributed by atoms with Gasteiger partial charge >= 0.3 is 5.97 Å². The summed E-state index contributed by atoms with van der Waals surface area (Å²) in [6.07, 6.45) is 3.58. The van der Waals surface area contributed by atoms with E-state index in [0.717, 1.165) is 6.42 Å². The fourth-order valence-electron chi connectivity index (χ4n) is 1.79. The molecule has 0 aromatic heterocycles. The summed E-state index contributed by atoms with van der Waals surface area (Å²) in [5, 5.41) is 11.8. The van der Waals surface area contributed by atoms with E-state index < -0.39 is 12.0 Å². The number of carboxylic acid groups (broad SMARTS) is 1. The molecule has 1 aliphatic carbocycles. The fraction of sp³-hybridized carbons (Fsp3) is 0.889. The lowest BCUT2D eigenvalue weighted by Gasteiger charge is -2.19. The van der Waals surface area contributed by atoms with Gasteiger partial charge in [-0.15, -0.1) is 0 Å². The molecule has 0 aliphatic heterocycles. The highest BCUT2D eigenvalue weighted by Crippen LogP contribution is 2.24. The first-order valence-corrected chi connectivity index (χ1v) is 4.60. The molecule has 0 amide bonds. The molecule has 70 valence electrons. The number of carbonyl (C=O) groups is 1. The van der Waals surface area contributed by atoms with Crippen LogP contribution >= 0.6 is 0 Å². The van der Waals surface area contributed by atoms with Crippen molar-refractivity contribution in [2.24, 2.45) is 5.92 Å². The predicted octanol–water partition coefficient (Wildman–Crippen LogP) is 1.24. The number of aliphatic carboxylic acids is 1. The van der Waals surface area contributed by atoms with Gasteiger partial charge in [-0.05, 0) is 25.7 Å². The van der Waals surface area contributed by atoms with Crippen LogP contribution in [0.3, 0.4) is 0 Å². The van der Waals surface area contributed by atoms with Gasteiger partial charge in [0.15, 0.2) is 0 Å². The Hall–Kier alpha value is -0.570. The summed E-state index contributed by atoms with van der Waals surface area (Å²) in [7, 11) is 0. The highest BCUT2D eigenvalue weighted by atomic mass is 16.4. The van der Waals surface area contributed by atoms with Gasteiger partial charge in [-0.1, -0.05) is 13.3 Å². The minimum Gasteiger partial charge on any atom is -0.480 e. The molecular formula is C9H17NO2. The van der Waals surface area contributed by atoms with Crippen LogP contribution in [-0.4, -0.2) is 23.2 Å². The average Bonchev–Trinajstić information content (AvgIpc) is 2.36. The molecule has 0 heterocycles. The molecule has 2 N–H and O–H groups in total. The van der Waals surface area contributed by atoms with Crippen LogP contribution < -0.4 is 5.32 Å². The molecule has 1 aliphatic rings. The highest BCUT2D eigenvalue weighted by molar-refractivity contribution is 5.72. The quantitative estimate of drug-likeness (QED) is 0.671. The van der Waals surface area contributed by atoms with Crippen molar-refractivity contribution in [2.75, 3.05) is 0 Å². The molecular weight excluding hydrogens is 154 g/mol. The van der Waals surface area contributed by atoms with Crippen LogP contribution in [0, 0.1) is 5.92 Å². The second-order valence-electron chi connectivity index (χ2n) is 3.74. The number of nitrogens with one attached hydrogen (secondary N) is 1. The van der Waals surface area contributed by atoms with E-state index in [0.29, 0.717) is 12.0 Å². The Kier molecular flexibility index (Phi) is 3.09. The van der Waals surface area contributed by atoms with Gasteiger partial charge < -0.3 is 10.4 Å². The molecule has 1 saturated carbocycles. The first-order valence-electron chi connectivity index (χ1n) is 4.60. The summed E-state index contributed by atoms with van der Waals surface area (Å²) in [6, 6.07) is 0.00616. The first kappa shape index (κ1) is 9.52. The van der Waals surface area contributed by atoms with Crippen molar-refractivity contribution < 1.29 is 9.90 Å². The van der Waals surface area contributed by atoms with Crippen molar-refractivity contribution in [1.82, 2.24) is 5.32 Å². The smallest absolute Gasteiger partial charge is 0.320 e. The summed E-state index contributed by atoms with van der Waals surface area (Å²) < 4.78 is 0. The third-order valence-electron chi connectivity index (χ3n) is 2.70. The van der Waals surface area contributed by atoms with Crippen LogP contribution in [0.15, 0.2) is 0 Å². The molecule has 0 saturated heterocycles. The summed E-state index contributed by atoms with van der Waals surface area (Å²) in [5.41, 5.74) is 0. The van der Waals surface area contributed by atoms with Gasteiger partial charge in [0, 0.05) is 6.04 Å². The molecule has 3 nitrogen and oxygen atoms in total. The zero-order valence-corrected chi connectivity index (χ0v) is 7.71. The van der Waals surface area contributed by atoms with Gasteiger partial charge in [0.2, 0.25) is 0 Å². The Morgan fingerprint density at radius 1 is 1.58 bits per heavy atom. The second kappa shape index (κ2) is 3.90. The predicted molar refractivity (Wildman–Crippen MR) is 47.0 cm³/mol. The van der Waals surface area contributed by atoms with E-state index in [-0.39, 0.29) is 0 Å². The third kappa shape index (κ3) is 2.21. The van der Waals surface area contributed by atoms with Crippen molar-refractivity contribution >= 4 is 5.97 Å². The molecule has 1 fully saturated rings. The van der Waals surface area contributed by atoms with Crippen molar-refractivity contribution in [3.05, 3.63) is 0 Å². The topological polar surface area (TPSA) is 49.3 Å². The zero-order valence-electron chi connectivity index (χ0n) is 7.71. The van der Waals surface area contributed by atoms with Crippen LogP contribution in [0.5, 0.6) is 0 Å². The lowest BCUT2D eigenvalue weighted by molar-refractivity contribution is -0.139. The normalized spacial score (nSPS) is 31.8. The summed E-state index contributed by atoms with van der Waals surface area (Å²) in [5.74, 6) is -0.124. The Balaban J connectivity index is 2.35. The maximum absolute atomic E-state index is 10.5. The number of rotatable bonds is 3. The van der Waals surface area contributed by atoms with Crippen LogP contribution in [-0.2, 0) is 4.79 Å². The van der Waals surface area contributed by atoms with E-state index in [9.17, 15) is 4.79 Å². The van der Waals surface area contributed by atoms with Crippen molar-refractivity contribution in [1.29, 1.82) is 0 Å². The molecule has 0 spiro atoms. The van der Waals surface area contributed by atoms with Gasteiger partial charge in [0.1, 0.15) is 6.04 Å². The van der Waals surface area contributed by atoms with Gasteiger partial charge in [-0.25, -0.2) is 0 Å². The standard InChI is InChI=1S/C9H17NO2/c1-6-4-3-5-8(6)10-7(2)9(11)12/h6-8,10H,3-5H2,1-2H3,(H,11,12). The summed E-state index contributed by atoms with van der Waals surface area (Å²) in [6.45, 7) is 3.88. The fourth-order valence-corrected chi connectivity index (χ4v) is 1.79. The molecule has 0 aromatic rings. The van der Waals surface area contributed by atoms with E-state index in [4.69, 9.17) is 5.11 Å². The summed E-state index contributed by atoms with van der Waals surface area (Å²) in [4.78, 5) is 10.5. The van der Waals surface area contributed by atoms with Crippen LogP contribution in [0.2, 0.25) is 0 Å². The van der Waals surface area contributed by atoms with E-state index >= 15 is 0 Å². The van der Waals surface area contributed by atoms with Gasteiger partial charge in [-0.3, -0.25) is 4.79 Å². The molecule has 12 heavy (non-hydrogen) atoms. The lowest BCUT2D eigenvalue weighted by atomic mass is 10.1. The monoisotopic (exact) mass is 171 g/mol. The average molecular weight is 171 g/mol. The number of hydrogen-bond acceptors (Lipinski definition) is 2. The molecule has 3 atom stereocenters. The van der Waals surface area contributed by atoms with Crippen molar-refractivity contribution in [2.45, 2.75) is 45.2 Å². The van der Waals surface area contributed by atoms with Gasteiger partial charge in [0.25, 0.3) is 0 Å². The number of carboxylic acids is 1. The van der Waals surface area contributed by atoms with Gasteiger partial charge in [-0.2, -0.15) is 0 Å². The Morgan fingerprint density at radius 2 is 2.25 bits per heavy atom. The second-order valence-corrected chi connectivity index (χ2v) is 3.74. The Labute approximate surface area is 73.2 Å². The minimum atomic E-state index is -0.755. The number of hydrogen-bond donors (Lipinski definition) is 2. The highest BCUT2D eigenvalue weighted by Gasteiger charge is 2.25. The molecule has 0 aromatic carbocycles. The van der Waals surface area contributed by atoms with E-state index in [1.165, 1.54) is 12.8 Å². The lowest BCUT2D eigenvalue weighted by Crippen LogP contribution is -2.42. The molecule has 3 heteroatoms. The van der Waals surface area contributed by atoms with Crippen LogP contribution in [0.25, 0.3) is 0 Å². The molecule has 3 unspecified atom stereocenters. The molecule has 0 bridgehead atoms. The van der Waals surface area contributed by atoms with Gasteiger partial charge in [0.05, 0.1) is 0 Å². The van der Waals surface area contributed by atoms with E-state index in [2.05, 4.69) is 12.2 Å². The van der Waals surface area contributed by atoms with Crippen molar-refractivity contribution in [3.63, 3.8) is 0 Å².